The van der Waals surface area contributed by atoms with Gasteiger partial charge in [0, 0.05) is 25.7 Å². The zero-order valence-electron chi connectivity index (χ0n) is 14.1. The molecule has 2 saturated heterocycles. The molecule has 0 spiro atoms. The van der Waals surface area contributed by atoms with Crippen molar-refractivity contribution in [3.05, 3.63) is 35.9 Å². The van der Waals surface area contributed by atoms with Crippen LogP contribution in [0.15, 0.2) is 30.3 Å². The Morgan fingerprint density at radius 1 is 1.21 bits per heavy atom. The van der Waals surface area contributed by atoms with Crippen LogP contribution in [0.1, 0.15) is 24.8 Å². The quantitative estimate of drug-likeness (QED) is 0.815. The van der Waals surface area contributed by atoms with Crippen LogP contribution in [-0.4, -0.2) is 55.7 Å². The van der Waals surface area contributed by atoms with Crippen LogP contribution in [-0.2, 0) is 16.1 Å². The Kier molecular flexibility index (Phi) is 7.99. The van der Waals surface area contributed by atoms with E-state index < -0.39 is 0 Å². The molecular formula is C18H28ClN3O2. The van der Waals surface area contributed by atoms with Crippen LogP contribution in [0.25, 0.3) is 0 Å². The molecule has 1 unspecified atom stereocenters. The van der Waals surface area contributed by atoms with E-state index in [-0.39, 0.29) is 37.1 Å². The highest BCUT2D eigenvalue weighted by Crippen LogP contribution is 2.13. The Bertz CT molecular complexity index is 494. The Labute approximate surface area is 150 Å². The van der Waals surface area contributed by atoms with E-state index >= 15 is 0 Å². The number of hydrogen-bond donors (Lipinski definition) is 2. The lowest BCUT2D eigenvalue weighted by Gasteiger charge is -2.23. The topological polar surface area (TPSA) is 53.6 Å². The molecule has 1 amide bonds. The average Bonchev–Trinajstić information content (AvgIpc) is 3.02. The summed E-state index contributed by atoms with van der Waals surface area (Å²) in [6.07, 6.45) is 3.26. The summed E-state index contributed by atoms with van der Waals surface area (Å²) >= 11 is 0. The second kappa shape index (κ2) is 9.99. The maximum atomic E-state index is 12.0. The Morgan fingerprint density at radius 3 is 2.71 bits per heavy atom. The number of piperidine rings is 1. The van der Waals surface area contributed by atoms with Crippen molar-refractivity contribution in [2.45, 2.75) is 38.0 Å². The molecular weight excluding hydrogens is 326 g/mol. The summed E-state index contributed by atoms with van der Waals surface area (Å²) in [5.74, 6) is 0.0232. The Balaban J connectivity index is 0.00000208. The van der Waals surface area contributed by atoms with Gasteiger partial charge in [-0.3, -0.25) is 9.69 Å². The van der Waals surface area contributed by atoms with E-state index in [0.29, 0.717) is 0 Å². The lowest BCUT2D eigenvalue weighted by molar-refractivity contribution is -0.128. The summed E-state index contributed by atoms with van der Waals surface area (Å²) in [7, 11) is 0. The standard InChI is InChI=1S/C18H27N3O2.ClH/c22-18(14-23-17-6-9-19-10-7-17)20-16-8-11-21(13-16)12-15-4-2-1-3-5-15;/h1-5,16-17,19H,6-14H2,(H,20,22);1H. The number of hydrogen-bond acceptors (Lipinski definition) is 4. The molecule has 0 radical (unpaired) electrons. The van der Waals surface area contributed by atoms with Gasteiger partial charge in [-0.05, 0) is 37.9 Å². The average molecular weight is 354 g/mol. The van der Waals surface area contributed by atoms with Crippen LogP contribution in [0.4, 0.5) is 0 Å². The van der Waals surface area contributed by atoms with Crippen molar-refractivity contribution in [3.63, 3.8) is 0 Å². The van der Waals surface area contributed by atoms with Gasteiger partial charge in [-0.15, -0.1) is 12.4 Å². The number of likely N-dealkylation sites (tertiary alicyclic amines) is 1. The largest absolute Gasteiger partial charge is 0.368 e. The number of halogens is 1. The Morgan fingerprint density at radius 2 is 1.96 bits per heavy atom. The molecule has 1 aromatic carbocycles. The molecule has 2 aliphatic rings. The fraction of sp³-hybridized carbons (Fsp3) is 0.611. The monoisotopic (exact) mass is 353 g/mol. The first-order valence-corrected chi connectivity index (χ1v) is 8.67. The van der Waals surface area contributed by atoms with Gasteiger partial charge < -0.3 is 15.4 Å². The molecule has 0 bridgehead atoms. The highest BCUT2D eigenvalue weighted by atomic mass is 35.5. The molecule has 0 saturated carbocycles. The summed E-state index contributed by atoms with van der Waals surface area (Å²) in [4.78, 5) is 14.4. The first kappa shape index (κ1) is 19.2. The molecule has 1 atom stereocenters. The molecule has 0 aromatic heterocycles. The van der Waals surface area contributed by atoms with Crippen molar-refractivity contribution in [2.24, 2.45) is 0 Å². The van der Waals surface area contributed by atoms with Crippen LogP contribution in [0.2, 0.25) is 0 Å². The van der Waals surface area contributed by atoms with Crippen molar-refractivity contribution in [1.82, 2.24) is 15.5 Å². The molecule has 5 nitrogen and oxygen atoms in total. The second-order valence-electron chi connectivity index (χ2n) is 6.53. The number of rotatable bonds is 6. The Hall–Kier alpha value is -1.14. The number of nitrogens with zero attached hydrogens (tertiary/aromatic N) is 1. The summed E-state index contributed by atoms with van der Waals surface area (Å²) in [6.45, 7) is 5.09. The smallest absolute Gasteiger partial charge is 0.246 e. The predicted octanol–water partition coefficient (Wildman–Crippen LogP) is 1.57. The number of carbonyl (C=O) groups is 1. The SMILES string of the molecule is Cl.O=C(COC1CCNCC1)NC1CCN(Cc2ccccc2)C1. The van der Waals surface area contributed by atoms with E-state index in [1.165, 1.54) is 5.56 Å². The van der Waals surface area contributed by atoms with E-state index in [0.717, 1.165) is 52.0 Å². The first-order chi connectivity index (χ1) is 11.3. The highest BCUT2D eigenvalue weighted by Gasteiger charge is 2.24. The van der Waals surface area contributed by atoms with E-state index in [1.807, 2.05) is 6.07 Å². The van der Waals surface area contributed by atoms with Gasteiger partial charge in [0.2, 0.25) is 5.91 Å². The fourth-order valence-electron chi connectivity index (χ4n) is 3.36. The molecule has 2 fully saturated rings. The van der Waals surface area contributed by atoms with Crippen molar-refractivity contribution in [1.29, 1.82) is 0 Å². The minimum absolute atomic E-state index is 0. The molecule has 1 aromatic rings. The van der Waals surface area contributed by atoms with Gasteiger partial charge in [-0.2, -0.15) is 0 Å². The van der Waals surface area contributed by atoms with Crippen molar-refractivity contribution in [2.75, 3.05) is 32.8 Å². The molecule has 0 aliphatic carbocycles. The van der Waals surface area contributed by atoms with Gasteiger partial charge in [-0.25, -0.2) is 0 Å². The first-order valence-electron chi connectivity index (χ1n) is 8.67. The molecule has 2 heterocycles. The van der Waals surface area contributed by atoms with E-state index in [2.05, 4.69) is 39.8 Å². The van der Waals surface area contributed by atoms with Gasteiger partial charge in [0.05, 0.1) is 6.10 Å². The summed E-state index contributed by atoms with van der Waals surface area (Å²) in [6, 6.07) is 10.7. The van der Waals surface area contributed by atoms with Gasteiger partial charge in [-0.1, -0.05) is 30.3 Å². The summed E-state index contributed by atoms with van der Waals surface area (Å²) < 4.78 is 5.71. The van der Waals surface area contributed by atoms with Crippen LogP contribution in [0.5, 0.6) is 0 Å². The van der Waals surface area contributed by atoms with Gasteiger partial charge in [0.15, 0.2) is 0 Å². The minimum Gasteiger partial charge on any atom is -0.368 e. The lowest BCUT2D eigenvalue weighted by atomic mass is 10.1. The number of nitrogens with one attached hydrogen (secondary N) is 2. The zero-order chi connectivity index (χ0) is 15.9. The van der Waals surface area contributed by atoms with Gasteiger partial charge in [0.25, 0.3) is 0 Å². The van der Waals surface area contributed by atoms with E-state index in [1.54, 1.807) is 0 Å². The third kappa shape index (κ3) is 6.06. The number of ether oxygens (including phenoxy) is 1. The molecule has 3 rings (SSSR count). The van der Waals surface area contributed by atoms with Crippen LogP contribution < -0.4 is 10.6 Å². The number of carbonyl (C=O) groups excluding carboxylic acids is 1. The molecule has 134 valence electrons. The maximum Gasteiger partial charge on any atom is 0.246 e. The molecule has 24 heavy (non-hydrogen) atoms. The lowest BCUT2D eigenvalue weighted by Crippen LogP contribution is -2.40. The van der Waals surface area contributed by atoms with Crippen molar-refractivity contribution < 1.29 is 9.53 Å². The number of benzene rings is 1. The second-order valence-corrected chi connectivity index (χ2v) is 6.53. The third-order valence-electron chi connectivity index (χ3n) is 4.62. The van der Waals surface area contributed by atoms with E-state index in [4.69, 9.17) is 4.74 Å². The maximum absolute atomic E-state index is 12.0. The van der Waals surface area contributed by atoms with Crippen LogP contribution in [0, 0.1) is 0 Å². The minimum atomic E-state index is 0. The van der Waals surface area contributed by atoms with Crippen LogP contribution in [0.3, 0.4) is 0 Å². The molecule has 2 aliphatic heterocycles. The molecule has 2 N–H and O–H groups in total. The van der Waals surface area contributed by atoms with Crippen molar-refractivity contribution in [3.8, 4) is 0 Å². The normalized spacial score (nSPS) is 22.1. The highest BCUT2D eigenvalue weighted by molar-refractivity contribution is 5.85. The van der Waals surface area contributed by atoms with Gasteiger partial charge >= 0.3 is 0 Å². The predicted molar refractivity (Wildman–Crippen MR) is 97.4 cm³/mol. The third-order valence-corrected chi connectivity index (χ3v) is 4.62. The molecule has 6 heteroatoms. The van der Waals surface area contributed by atoms with Crippen molar-refractivity contribution >= 4 is 18.3 Å². The number of amides is 1. The van der Waals surface area contributed by atoms with Crippen LogP contribution >= 0.6 is 12.4 Å². The summed E-state index contributed by atoms with van der Waals surface area (Å²) in [5, 5.41) is 6.41. The van der Waals surface area contributed by atoms with Gasteiger partial charge in [0.1, 0.15) is 6.61 Å². The zero-order valence-corrected chi connectivity index (χ0v) is 14.9. The van der Waals surface area contributed by atoms with E-state index in [9.17, 15) is 4.79 Å². The summed E-state index contributed by atoms with van der Waals surface area (Å²) in [5.41, 5.74) is 1.33. The fourth-order valence-corrected chi connectivity index (χ4v) is 3.36.